The van der Waals surface area contributed by atoms with Crippen molar-refractivity contribution in [2.24, 2.45) is 5.92 Å². The highest BCUT2D eigenvalue weighted by atomic mass is 14.0. The molecule has 0 amide bonds. The second-order valence-electron chi connectivity index (χ2n) is 4.08. The molecule has 0 saturated heterocycles. The molecule has 0 saturated carbocycles. The molecule has 82 valence electrons. The molecule has 0 radical (unpaired) electrons. The Bertz CT molecular complexity index is 170. The van der Waals surface area contributed by atoms with Crippen LogP contribution < -0.4 is 0 Å². The average Bonchev–Trinajstić information content (AvgIpc) is 2.21. The molecule has 0 atom stereocenters. The lowest BCUT2D eigenvalue weighted by molar-refractivity contribution is 0.606. The second kappa shape index (κ2) is 9.05. The molecule has 0 heterocycles. The van der Waals surface area contributed by atoms with Gasteiger partial charge in [-0.05, 0) is 38.5 Å². The fourth-order valence-corrected chi connectivity index (χ4v) is 1.48. The first-order chi connectivity index (χ1) is 6.74. The van der Waals surface area contributed by atoms with Gasteiger partial charge in [-0.2, -0.15) is 0 Å². The first kappa shape index (κ1) is 13.5. The van der Waals surface area contributed by atoms with Crippen molar-refractivity contribution in [3.05, 3.63) is 23.8 Å². The summed E-state index contributed by atoms with van der Waals surface area (Å²) in [5.41, 5.74) is 1.51. The highest BCUT2D eigenvalue weighted by molar-refractivity contribution is 5.11. The fourth-order valence-electron chi connectivity index (χ4n) is 1.48. The van der Waals surface area contributed by atoms with Gasteiger partial charge in [0, 0.05) is 0 Å². The van der Waals surface area contributed by atoms with Crippen LogP contribution in [0.25, 0.3) is 0 Å². The molecule has 0 heteroatoms. The molecule has 14 heavy (non-hydrogen) atoms. The minimum Gasteiger partial charge on any atom is -0.0814 e. The van der Waals surface area contributed by atoms with Crippen LogP contribution in [-0.4, -0.2) is 0 Å². The molecular weight excluding hydrogens is 168 g/mol. The van der Waals surface area contributed by atoms with E-state index in [1.54, 1.807) is 0 Å². The topological polar surface area (TPSA) is 0 Å². The van der Waals surface area contributed by atoms with Gasteiger partial charge in [-0.1, -0.05) is 51.0 Å². The molecule has 0 fully saturated rings. The third-order valence-electron chi connectivity index (χ3n) is 2.74. The van der Waals surface area contributed by atoms with Gasteiger partial charge in [0.1, 0.15) is 0 Å². The summed E-state index contributed by atoms with van der Waals surface area (Å²) in [5.74, 6) is 0.769. The zero-order valence-corrected chi connectivity index (χ0v) is 10.3. The molecule has 0 bridgehead atoms. The van der Waals surface area contributed by atoms with Crippen molar-refractivity contribution in [1.29, 1.82) is 0 Å². The number of unbranched alkanes of at least 4 members (excludes halogenated alkanes) is 1. The lowest BCUT2D eigenvalue weighted by Crippen LogP contribution is -1.89. The van der Waals surface area contributed by atoms with Crippen molar-refractivity contribution < 1.29 is 0 Å². The Kier molecular flexibility index (Phi) is 8.72. The predicted molar refractivity (Wildman–Crippen MR) is 66.5 cm³/mol. The smallest absolute Gasteiger partial charge is 0.0236 e. The Labute approximate surface area is 90.1 Å². The van der Waals surface area contributed by atoms with Gasteiger partial charge >= 0.3 is 0 Å². The van der Waals surface area contributed by atoms with Crippen LogP contribution in [0.2, 0.25) is 0 Å². The van der Waals surface area contributed by atoms with Crippen LogP contribution in [0, 0.1) is 5.92 Å². The summed E-state index contributed by atoms with van der Waals surface area (Å²) in [4.78, 5) is 0. The molecule has 0 aliphatic carbocycles. The van der Waals surface area contributed by atoms with E-state index in [-0.39, 0.29) is 0 Å². The van der Waals surface area contributed by atoms with E-state index in [9.17, 15) is 0 Å². The summed E-state index contributed by atoms with van der Waals surface area (Å²) < 4.78 is 0. The van der Waals surface area contributed by atoms with Gasteiger partial charge in [0.2, 0.25) is 0 Å². The van der Waals surface area contributed by atoms with Crippen molar-refractivity contribution in [2.75, 3.05) is 0 Å². The van der Waals surface area contributed by atoms with E-state index in [1.807, 2.05) is 0 Å². The summed E-state index contributed by atoms with van der Waals surface area (Å²) >= 11 is 0. The van der Waals surface area contributed by atoms with Crippen molar-refractivity contribution in [1.82, 2.24) is 0 Å². The normalized spacial score (nSPS) is 13.1. The first-order valence-corrected chi connectivity index (χ1v) is 6.08. The molecule has 0 aromatic heterocycles. The third kappa shape index (κ3) is 6.94. The molecule has 0 N–H and O–H groups in total. The van der Waals surface area contributed by atoms with Gasteiger partial charge in [0.25, 0.3) is 0 Å². The van der Waals surface area contributed by atoms with Gasteiger partial charge in [-0.3, -0.25) is 0 Å². The highest BCUT2D eigenvalue weighted by Gasteiger charge is 1.95. The average molecular weight is 194 g/mol. The Hall–Kier alpha value is -0.520. The maximum atomic E-state index is 2.34. The SMILES string of the molecule is CCCCC(C)=CC=CC(CC)CC. The van der Waals surface area contributed by atoms with Gasteiger partial charge < -0.3 is 0 Å². The minimum atomic E-state index is 0.769. The maximum absolute atomic E-state index is 2.34. The van der Waals surface area contributed by atoms with Gasteiger partial charge in [0.05, 0.1) is 0 Å². The van der Waals surface area contributed by atoms with Crippen LogP contribution in [-0.2, 0) is 0 Å². The lowest BCUT2D eigenvalue weighted by atomic mass is 10.0. The molecule has 0 nitrogen and oxygen atoms in total. The van der Waals surface area contributed by atoms with E-state index in [4.69, 9.17) is 0 Å². The number of allylic oxidation sites excluding steroid dienone is 4. The molecule has 0 unspecified atom stereocenters. The third-order valence-corrected chi connectivity index (χ3v) is 2.74. The standard InChI is InChI=1S/C14H26/c1-5-8-10-13(4)11-9-12-14(6-2)7-3/h9,11-12,14H,5-8,10H2,1-4H3. The first-order valence-electron chi connectivity index (χ1n) is 6.08. The van der Waals surface area contributed by atoms with E-state index in [1.165, 1.54) is 37.7 Å². The lowest BCUT2D eigenvalue weighted by Gasteiger charge is -2.03. The van der Waals surface area contributed by atoms with Crippen molar-refractivity contribution in [3.8, 4) is 0 Å². The van der Waals surface area contributed by atoms with Crippen LogP contribution in [0.15, 0.2) is 23.8 Å². The molecule has 0 aromatic carbocycles. The summed E-state index contributed by atoms with van der Waals surface area (Å²) in [5, 5.41) is 0. The Morgan fingerprint density at radius 3 is 2.29 bits per heavy atom. The van der Waals surface area contributed by atoms with E-state index in [0.717, 1.165) is 5.92 Å². The number of hydrogen-bond acceptors (Lipinski definition) is 0. The van der Waals surface area contributed by atoms with Crippen LogP contribution in [0.1, 0.15) is 59.8 Å². The van der Waals surface area contributed by atoms with Crippen molar-refractivity contribution >= 4 is 0 Å². The molecule has 0 rings (SSSR count). The minimum absolute atomic E-state index is 0.769. The summed E-state index contributed by atoms with van der Waals surface area (Å²) in [6, 6.07) is 0. The Balaban J connectivity index is 3.86. The predicted octanol–water partition coefficient (Wildman–Crippen LogP) is 5.12. The molecule has 0 aliphatic heterocycles. The van der Waals surface area contributed by atoms with Gasteiger partial charge in [-0.15, -0.1) is 0 Å². The van der Waals surface area contributed by atoms with E-state index >= 15 is 0 Å². The zero-order valence-electron chi connectivity index (χ0n) is 10.3. The monoisotopic (exact) mass is 194 g/mol. The summed E-state index contributed by atoms with van der Waals surface area (Å²) in [6.45, 7) is 8.98. The van der Waals surface area contributed by atoms with E-state index in [2.05, 4.69) is 45.9 Å². The number of rotatable bonds is 7. The van der Waals surface area contributed by atoms with Crippen LogP contribution >= 0.6 is 0 Å². The van der Waals surface area contributed by atoms with Crippen molar-refractivity contribution in [2.45, 2.75) is 59.8 Å². The fraction of sp³-hybridized carbons (Fsp3) is 0.714. The summed E-state index contributed by atoms with van der Waals surface area (Å²) in [7, 11) is 0. The van der Waals surface area contributed by atoms with Gasteiger partial charge in [-0.25, -0.2) is 0 Å². The highest BCUT2D eigenvalue weighted by Crippen LogP contribution is 2.10. The molecule has 0 aromatic rings. The van der Waals surface area contributed by atoms with Crippen LogP contribution in [0.4, 0.5) is 0 Å². The second-order valence-corrected chi connectivity index (χ2v) is 4.08. The van der Waals surface area contributed by atoms with E-state index < -0.39 is 0 Å². The number of hydrogen-bond donors (Lipinski definition) is 0. The Morgan fingerprint density at radius 1 is 1.14 bits per heavy atom. The molecule has 0 aliphatic rings. The van der Waals surface area contributed by atoms with Crippen molar-refractivity contribution in [3.63, 3.8) is 0 Å². The Morgan fingerprint density at radius 2 is 1.79 bits per heavy atom. The van der Waals surface area contributed by atoms with Crippen LogP contribution in [0.3, 0.4) is 0 Å². The van der Waals surface area contributed by atoms with E-state index in [0.29, 0.717) is 0 Å². The maximum Gasteiger partial charge on any atom is -0.0236 e. The summed E-state index contributed by atoms with van der Waals surface area (Å²) in [6.07, 6.45) is 13.2. The van der Waals surface area contributed by atoms with Crippen LogP contribution in [0.5, 0.6) is 0 Å². The zero-order chi connectivity index (χ0) is 10.8. The molecule has 0 spiro atoms. The van der Waals surface area contributed by atoms with Gasteiger partial charge in [0.15, 0.2) is 0 Å². The molecular formula is C14H26. The largest absolute Gasteiger partial charge is 0.0814 e. The quantitative estimate of drug-likeness (QED) is 0.494.